The maximum absolute atomic E-state index is 12.3. The van der Waals surface area contributed by atoms with E-state index in [1.165, 1.54) is 0 Å². The van der Waals surface area contributed by atoms with E-state index in [1.54, 1.807) is 10.9 Å². The topological polar surface area (TPSA) is 59.8 Å². The van der Waals surface area contributed by atoms with Crippen LogP contribution in [0, 0.1) is 5.92 Å². The number of pyridine rings is 1. The Labute approximate surface area is 130 Å². The molecule has 3 heterocycles. The first kappa shape index (κ1) is 14.8. The molecule has 1 N–H and O–H groups in total. The van der Waals surface area contributed by atoms with Crippen molar-refractivity contribution in [3.63, 3.8) is 0 Å². The van der Waals surface area contributed by atoms with Crippen molar-refractivity contribution in [2.24, 2.45) is 13.0 Å². The van der Waals surface area contributed by atoms with Gasteiger partial charge in [0.2, 0.25) is 5.91 Å². The minimum atomic E-state index is 0.00554. The fraction of sp³-hybridized carbons (Fsp3) is 0.471. The molecule has 0 aliphatic carbocycles. The van der Waals surface area contributed by atoms with Crippen molar-refractivity contribution in [2.75, 3.05) is 5.32 Å². The predicted molar refractivity (Wildman–Crippen MR) is 86.5 cm³/mol. The van der Waals surface area contributed by atoms with E-state index in [2.05, 4.69) is 28.4 Å². The first-order valence-electron chi connectivity index (χ1n) is 7.85. The van der Waals surface area contributed by atoms with Crippen LogP contribution in [0.2, 0.25) is 0 Å². The summed E-state index contributed by atoms with van der Waals surface area (Å²) in [4.78, 5) is 16.9. The third-order valence-electron chi connectivity index (χ3n) is 4.48. The molecule has 0 saturated carbocycles. The van der Waals surface area contributed by atoms with Gasteiger partial charge in [-0.2, -0.15) is 5.10 Å². The summed E-state index contributed by atoms with van der Waals surface area (Å²) in [7, 11) is 1.89. The molecular weight excluding hydrogens is 276 g/mol. The fourth-order valence-electron chi connectivity index (χ4n) is 3.00. The number of carbonyl (C=O) groups excluding carboxylic acids is 1. The highest BCUT2D eigenvalue weighted by Gasteiger charge is 2.20. The molecule has 1 aliphatic heterocycles. The summed E-state index contributed by atoms with van der Waals surface area (Å²) in [6, 6.07) is 4.08. The average Bonchev–Trinajstić information content (AvgIpc) is 2.87. The Hall–Kier alpha value is -2.17. The van der Waals surface area contributed by atoms with Gasteiger partial charge in [0, 0.05) is 30.4 Å². The molecule has 1 aliphatic rings. The number of nitrogens with zero attached hydrogens (tertiary/aromatic N) is 3. The summed E-state index contributed by atoms with van der Waals surface area (Å²) in [5, 5.41) is 7.33. The molecule has 0 saturated heterocycles. The second-order valence-electron chi connectivity index (χ2n) is 6.22. The Morgan fingerprint density at radius 1 is 1.27 bits per heavy atom. The Morgan fingerprint density at radius 2 is 2.05 bits per heavy atom. The largest absolute Gasteiger partial charge is 0.323 e. The van der Waals surface area contributed by atoms with Gasteiger partial charge in [0.1, 0.15) is 0 Å². The molecule has 5 heteroatoms. The molecule has 0 radical (unpaired) electrons. The number of nitrogens with one attached hydrogen (secondary N) is 1. The zero-order chi connectivity index (χ0) is 15.7. The SMILES string of the molecule is C[C@@H]1CCC[C@H](C)c2cc(ccn2)-c2c(cnn2C)NC1=O. The Bertz CT molecular complexity index is 692. The molecule has 0 aromatic carbocycles. The lowest BCUT2D eigenvalue weighted by molar-refractivity contribution is -0.119. The van der Waals surface area contributed by atoms with Crippen LogP contribution in [0.4, 0.5) is 5.69 Å². The first-order valence-corrected chi connectivity index (χ1v) is 7.85. The van der Waals surface area contributed by atoms with Gasteiger partial charge in [-0.05, 0) is 30.9 Å². The van der Waals surface area contributed by atoms with Gasteiger partial charge >= 0.3 is 0 Å². The van der Waals surface area contributed by atoms with Crippen molar-refractivity contribution in [3.8, 4) is 11.3 Å². The molecule has 2 aromatic heterocycles. The van der Waals surface area contributed by atoms with Gasteiger partial charge < -0.3 is 5.32 Å². The highest BCUT2D eigenvalue weighted by atomic mass is 16.1. The molecular formula is C17H22N4O. The van der Waals surface area contributed by atoms with Crippen molar-refractivity contribution in [1.82, 2.24) is 14.8 Å². The van der Waals surface area contributed by atoms with Crippen LogP contribution in [-0.2, 0) is 11.8 Å². The number of carbonyl (C=O) groups is 1. The highest BCUT2D eigenvalue weighted by Crippen LogP contribution is 2.31. The molecule has 0 spiro atoms. The zero-order valence-electron chi connectivity index (χ0n) is 13.3. The number of anilines is 1. The number of hydrogen-bond donors (Lipinski definition) is 1. The summed E-state index contributed by atoms with van der Waals surface area (Å²) in [5.74, 6) is 0.467. The Kier molecular flexibility index (Phi) is 3.96. The highest BCUT2D eigenvalue weighted by molar-refractivity contribution is 5.95. The van der Waals surface area contributed by atoms with Gasteiger partial charge in [-0.1, -0.05) is 20.3 Å². The summed E-state index contributed by atoms with van der Waals surface area (Å²) in [6.45, 7) is 4.19. The zero-order valence-corrected chi connectivity index (χ0v) is 13.3. The summed E-state index contributed by atoms with van der Waals surface area (Å²) in [5.41, 5.74) is 3.84. The molecule has 22 heavy (non-hydrogen) atoms. The number of aryl methyl sites for hydroxylation is 1. The van der Waals surface area contributed by atoms with Crippen LogP contribution in [0.1, 0.15) is 44.7 Å². The van der Waals surface area contributed by atoms with E-state index < -0.39 is 0 Å². The van der Waals surface area contributed by atoms with E-state index in [4.69, 9.17) is 0 Å². The number of hydrogen-bond acceptors (Lipinski definition) is 3. The first-order chi connectivity index (χ1) is 10.6. The summed E-state index contributed by atoms with van der Waals surface area (Å²) >= 11 is 0. The molecule has 2 aromatic rings. The third-order valence-corrected chi connectivity index (χ3v) is 4.48. The molecule has 116 valence electrons. The molecule has 0 fully saturated rings. The maximum Gasteiger partial charge on any atom is 0.227 e. The Balaban J connectivity index is 2.10. The average molecular weight is 298 g/mol. The van der Waals surface area contributed by atoms with E-state index in [-0.39, 0.29) is 11.8 Å². The van der Waals surface area contributed by atoms with Crippen molar-refractivity contribution < 1.29 is 4.79 Å². The molecule has 5 nitrogen and oxygen atoms in total. The number of rotatable bonds is 0. The van der Waals surface area contributed by atoms with Gasteiger partial charge in [-0.3, -0.25) is 14.5 Å². The van der Waals surface area contributed by atoms with Crippen LogP contribution in [0.3, 0.4) is 0 Å². The van der Waals surface area contributed by atoms with Crippen LogP contribution in [0.15, 0.2) is 24.5 Å². The second-order valence-corrected chi connectivity index (χ2v) is 6.22. The lowest BCUT2D eigenvalue weighted by Crippen LogP contribution is -2.21. The number of amides is 1. The van der Waals surface area contributed by atoms with Gasteiger partial charge in [-0.15, -0.1) is 0 Å². The maximum atomic E-state index is 12.3. The summed E-state index contributed by atoms with van der Waals surface area (Å²) < 4.78 is 1.80. The normalized spacial score (nSPS) is 22.2. The van der Waals surface area contributed by atoms with Crippen LogP contribution in [0.25, 0.3) is 11.3 Å². The standard InChI is InChI=1S/C17H22N4O/c1-11-5-4-6-12(2)17(22)20-15-10-19-21(3)16(15)13-7-8-18-14(11)9-13/h7-12H,4-6H2,1-3H3,(H,20,22)/t11-,12+/m0/s1. The smallest absolute Gasteiger partial charge is 0.227 e. The summed E-state index contributed by atoms with van der Waals surface area (Å²) in [6.07, 6.45) is 6.53. The third kappa shape index (κ3) is 2.75. The molecule has 0 unspecified atom stereocenters. The minimum absolute atomic E-state index is 0.00554. The molecule has 2 atom stereocenters. The molecule has 3 rings (SSSR count). The number of fused-ring (bicyclic) bond motifs is 4. The van der Waals surface area contributed by atoms with Gasteiger partial charge in [0.15, 0.2) is 0 Å². The minimum Gasteiger partial charge on any atom is -0.323 e. The lowest BCUT2D eigenvalue weighted by Gasteiger charge is -2.17. The van der Waals surface area contributed by atoms with E-state index in [1.807, 2.05) is 26.2 Å². The van der Waals surface area contributed by atoms with Gasteiger partial charge in [0.05, 0.1) is 17.6 Å². The monoisotopic (exact) mass is 298 g/mol. The van der Waals surface area contributed by atoms with Gasteiger partial charge in [-0.25, -0.2) is 0 Å². The van der Waals surface area contributed by atoms with Crippen molar-refractivity contribution in [3.05, 3.63) is 30.2 Å². The van der Waals surface area contributed by atoms with E-state index in [0.29, 0.717) is 5.92 Å². The predicted octanol–water partition coefficient (Wildman–Crippen LogP) is 3.34. The van der Waals surface area contributed by atoms with Crippen LogP contribution in [0.5, 0.6) is 0 Å². The van der Waals surface area contributed by atoms with E-state index in [0.717, 1.165) is 41.9 Å². The lowest BCUT2D eigenvalue weighted by atomic mass is 9.94. The number of aromatic nitrogens is 3. The van der Waals surface area contributed by atoms with Crippen LogP contribution < -0.4 is 5.32 Å². The van der Waals surface area contributed by atoms with Gasteiger partial charge in [0.25, 0.3) is 0 Å². The van der Waals surface area contributed by atoms with E-state index in [9.17, 15) is 4.79 Å². The van der Waals surface area contributed by atoms with E-state index >= 15 is 0 Å². The quantitative estimate of drug-likeness (QED) is 0.811. The molecule has 1 amide bonds. The Morgan fingerprint density at radius 3 is 2.86 bits per heavy atom. The van der Waals surface area contributed by atoms with Crippen molar-refractivity contribution in [1.29, 1.82) is 0 Å². The van der Waals surface area contributed by atoms with Crippen molar-refractivity contribution in [2.45, 2.75) is 39.0 Å². The molecule has 2 bridgehead atoms. The van der Waals surface area contributed by atoms with Crippen LogP contribution in [-0.4, -0.2) is 20.7 Å². The second kappa shape index (κ2) is 5.91. The van der Waals surface area contributed by atoms with Crippen LogP contribution >= 0.6 is 0 Å². The fourth-order valence-corrected chi connectivity index (χ4v) is 3.00. The van der Waals surface area contributed by atoms with Crippen molar-refractivity contribution >= 4 is 11.6 Å².